The van der Waals surface area contributed by atoms with Crippen LogP contribution in [-0.4, -0.2) is 17.5 Å². The maximum atomic E-state index is 12.3. The van der Waals surface area contributed by atoms with Crippen LogP contribution in [0.5, 0.6) is 5.75 Å². The zero-order valence-electron chi connectivity index (χ0n) is 10.8. The molecule has 0 aliphatic rings. The van der Waals surface area contributed by atoms with Crippen molar-refractivity contribution in [3.8, 4) is 5.75 Å². The van der Waals surface area contributed by atoms with Gasteiger partial charge in [0.25, 0.3) is 5.91 Å². The highest BCUT2D eigenvalue weighted by Crippen LogP contribution is 2.27. The van der Waals surface area contributed by atoms with E-state index in [9.17, 15) is 13.6 Å². The summed E-state index contributed by atoms with van der Waals surface area (Å²) in [6.07, 6.45) is 0. The van der Waals surface area contributed by atoms with Gasteiger partial charge < -0.3 is 10.1 Å². The smallest absolute Gasteiger partial charge is 0.387 e. The lowest BCUT2D eigenvalue weighted by molar-refractivity contribution is -0.0493. The van der Waals surface area contributed by atoms with E-state index >= 15 is 0 Å². The minimum atomic E-state index is -2.94. The molecule has 1 aromatic heterocycles. The second-order valence-corrected chi connectivity index (χ2v) is 5.18. The van der Waals surface area contributed by atoms with E-state index in [-0.39, 0.29) is 11.4 Å². The first-order valence-corrected chi connectivity index (χ1v) is 6.58. The van der Waals surface area contributed by atoms with Crippen LogP contribution < -0.4 is 10.1 Å². The van der Waals surface area contributed by atoms with Crippen molar-refractivity contribution in [3.63, 3.8) is 0 Å². The highest BCUT2D eigenvalue weighted by atomic mass is 32.1. The Balaban J connectivity index is 2.22. The van der Waals surface area contributed by atoms with E-state index in [1.54, 1.807) is 26.0 Å². The largest absolute Gasteiger partial charge is 0.433 e. The van der Waals surface area contributed by atoms with Gasteiger partial charge in [-0.1, -0.05) is 12.1 Å². The zero-order chi connectivity index (χ0) is 14.7. The van der Waals surface area contributed by atoms with Crippen molar-refractivity contribution in [2.45, 2.75) is 20.5 Å². The Morgan fingerprint density at radius 1 is 1.35 bits per heavy atom. The van der Waals surface area contributed by atoms with Crippen molar-refractivity contribution >= 4 is 22.9 Å². The van der Waals surface area contributed by atoms with Gasteiger partial charge in [-0.25, -0.2) is 4.98 Å². The first kappa shape index (κ1) is 14.4. The van der Waals surface area contributed by atoms with Crippen molar-refractivity contribution in [1.29, 1.82) is 0 Å². The van der Waals surface area contributed by atoms with Crippen LogP contribution in [0.15, 0.2) is 24.3 Å². The highest BCUT2D eigenvalue weighted by molar-refractivity contribution is 7.13. The summed E-state index contributed by atoms with van der Waals surface area (Å²) in [5, 5.41) is 3.33. The molecule has 2 rings (SSSR count). The lowest BCUT2D eigenvalue weighted by Gasteiger charge is -2.11. The van der Waals surface area contributed by atoms with Crippen LogP contribution in [0.1, 0.15) is 20.4 Å². The van der Waals surface area contributed by atoms with Crippen LogP contribution in [-0.2, 0) is 0 Å². The monoisotopic (exact) mass is 298 g/mol. The number of para-hydroxylation sites is 2. The fourth-order valence-corrected chi connectivity index (χ4v) is 2.50. The molecule has 0 aliphatic heterocycles. The van der Waals surface area contributed by atoms with Crippen molar-refractivity contribution in [2.75, 3.05) is 5.32 Å². The minimum Gasteiger partial charge on any atom is -0.433 e. The minimum absolute atomic E-state index is 0.0743. The summed E-state index contributed by atoms with van der Waals surface area (Å²) in [4.78, 5) is 16.7. The lowest BCUT2D eigenvalue weighted by atomic mass is 10.3. The number of hydrogen-bond acceptors (Lipinski definition) is 4. The summed E-state index contributed by atoms with van der Waals surface area (Å²) in [6, 6.07) is 6.04. The Morgan fingerprint density at radius 2 is 2.05 bits per heavy atom. The Labute approximate surface area is 118 Å². The average molecular weight is 298 g/mol. The Bertz CT molecular complexity index is 629. The highest BCUT2D eigenvalue weighted by Gasteiger charge is 2.16. The van der Waals surface area contributed by atoms with Gasteiger partial charge >= 0.3 is 6.61 Å². The molecule has 0 saturated carbocycles. The number of halogens is 2. The van der Waals surface area contributed by atoms with Crippen molar-refractivity contribution in [3.05, 3.63) is 39.8 Å². The van der Waals surface area contributed by atoms with Gasteiger partial charge in [0.2, 0.25) is 0 Å². The number of anilines is 1. The number of hydrogen-bond donors (Lipinski definition) is 1. The molecule has 2 aromatic rings. The van der Waals surface area contributed by atoms with Crippen LogP contribution in [0.25, 0.3) is 0 Å². The standard InChI is InChI=1S/C13H12F2N2O2S/c1-7-11(20-8(2)16-7)12(18)17-9-5-3-4-6-10(9)19-13(14)15/h3-6,13H,1-2H3,(H,17,18). The number of nitrogens with one attached hydrogen (secondary N) is 1. The molecule has 1 aromatic carbocycles. The van der Waals surface area contributed by atoms with Gasteiger partial charge in [0.05, 0.1) is 16.4 Å². The van der Waals surface area contributed by atoms with Gasteiger partial charge in [0, 0.05) is 0 Å². The van der Waals surface area contributed by atoms with E-state index in [1.807, 2.05) is 0 Å². The molecular formula is C13H12F2N2O2S. The fourth-order valence-electron chi connectivity index (χ4n) is 1.69. The maximum absolute atomic E-state index is 12.3. The average Bonchev–Trinajstić information content (AvgIpc) is 2.70. The molecule has 7 heteroatoms. The summed E-state index contributed by atoms with van der Waals surface area (Å²) < 4.78 is 28.9. The number of rotatable bonds is 4. The predicted octanol–water partition coefficient (Wildman–Crippen LogP) is 3.61. The predicted molar refractivity (Wildman–Crippen MR) is 72.6 cm³/mol. The van der Waals surface area contributed by atoms with Gasteiger partial charge in [0.1, 0.15) is 10.6 Å². The van der Waals surface area contributed by atoms with Gasteiger partial charge in [-0.05, 0) is 26.0 Å². The van der Waals surface area contributed by atoms with Crippen LogP contribution >= 0.6 is 11.3 Å². The van der Waals surface area contributed by atoms with E-state index in [2.05, 4.69) is 15.0 Å². The second-order valence-electron chi connectivity index (χ2n) is 3.98. The molecule has 0 spiro atoms. The van der Waals surface area contributed by atoms with E-state index in [4.69, 9.17) is 0 Å². The molecule has 4 nitrogen and oxygen atoms in total. The van der Waals surface area contributed by atoms with Gasteiger partial charge in [-0.2, -0.15) is 8.78 Å². The number of thiazole rings is 1. The molecule has 1 heterocycles. The third-order valence-electron chi connectivity index (χ3n) is 2.46. The summed E-state index contributed by atoms with van der Waals surface area (Å²) in [5.41, 5.74) is 0.806. The van der Waals surface area contributed by atoms with Crippen LogP contribution in [0, 0.1) is 13.8 Å². The molecule has 0 saturated heterocycles. The number of nitrogens with zero attached hydrogens (tertiary/aromatic N) is 1. The third kappa shape index (κ3) is 3.30. The Kier molecular flexibility index (Phi) is 4.29. The Hall–Kier alpha value is -2.02. The van der Waals surface area contributed by atoms with Gasteiger partial charge in [-0.3, -0.25) is 4.79 Å². The summed E-state index contributed by atoms with van der Waals surface area (Å²) in [6.45, 7) is 0.572. The van der Waals surface area contributed by atoms with Crippen LogP contribution in [0.3, 0.4) is 0 Å². The summed E-state index contributed by atoms with van der Waals surface area (Å²) >= 11 is 1.25. The third-order valence-corrected chi connectivity index (χ3v) is 3.53. The molecule has 20 heavy (non-hydrogen) atoms. The number of aromatic nitrogens is 1. The number of aryl methyl sites for hydroxylation is 2. The number of carbonyl (C=O) groups excluding carboxylic acids is 1. The van der Waals surface area contributed by atoms with Gasteiger partial charge in [0.15, 0.2) is 0 Å². The molecule has 1 amide bonds. The topological polar surface area (TPSA) is 51.2 Å². The van der Waals surface area contributed by atoms with E-state index in [1.165, 1.54) is 23.5 Å². The first-order valence-electron chi connectivity index (χ1n) is 5.76. The molecule has 0 radical (unpaired) electrons. The van der Waals surface area contributed by atoms with E-state index in [0.29, 0.717) is 10.6 Å². The van der Waals surface area contributed by atoms with E-state index < -0.39 is 12.5 Å². The molecule has 0 unspecified atom stereocenters. The van der Waals surface area contributed by atoms with Crippen LogP contribution in [0.2, 0.25) is 0 Å². The molecular weight excluding hydrogens is 286 g/mol. The van der Waals surface area contributed by atoms with Crippen molar-refractivity contribution in [2.24, 2.45) is 0 Å². The summed E-state index contributed by atoms with van der Waals surface area (Å²) in [7, 11) is 0. The molecule has 0 aliphatic carbocycles. The number of ether oxygens (including phenoxy) is 1. The molecule has 0 bridgehead atoms. The van der Waals surface area contributed by atoms with E-state index in [0.717, 1.165) is 5.01 Å². The Morgan fingerprint density at radius 3 is 2.65 bits per heavy atom. The van der Waals surface area contributed by atoms with Gasteiger partial charge in [-0.15, -0.1) is 11.3 Å². The maximum Gasteiger partial charge on any atom is 0.387 e. The van der Waals surface area contributed by atoms with Crippen LogP contribution in [0.4, 0.5) is 14.5 Å². The van der Waals surface area contributed by atoms with Crippen molar-refractivity contribution < 1.29 is 18.3 Å². The lowest BCUT2D eigenvalue weighted by Crippen LogP contribution is -2.13. The second kappa shape index (κ2) is 5.96. The normalized spacial score (nSPS) is 10.7. The number of benzene rings is 1. The molecule has 0 atom stereocenters. The van der Waals surface area contributed by atoms with Crippen molar-refractivity contribution in [1.82, 2.24) is 4.98 Å². The quantitative estimate of drug-likeness (QED) is 0.938. The summed E-state index contributed by atoms with van der Waals surface area (Å²) in [5.74, 6) is -0.465. The number of carbonyl (C=O) groups is 1. The molecule has 1 N–H and O–H groups in total. The first-order chi connectivity index (χ1) is 9.47. The molecule has 0 fully saturated rings. The molecule has 106 valence electrons. The fraction of sp³-hybridized carbons (Fsp3) is 0.231. The SMILES string of the molecule is Cc1nc(C)c(C(=O)Nc2ccccc2OC(F)F)s1. The number of amides is 1. The number of alkyl halides is 2. The zero-order valence-corrected chi connectivity index (χ0v) is 11.6.